The maximum atomic E-state index is 11.5. The molecule has 35 heteroatoms. The lowest BCUT2D eigenvalue weighted by Gasteiger charge is -2.42. The number of carbonyl (C=O) groups is 9. The van der Waals surface area contributed by atoms with Crippen LogP contribution in [-0.4, -0.2) is 108 Å². The molecule has 0 saturated carbocycles. The van der Waals surface area contributed by atoms with Crippen LogP contribution < -0.4 is 56.3 Å². The summed E-state index contributed by atoms with van der Waals surface area (Å²) in [6.45, 7) is 30.3. The summed E-state index contributed by atoms with van der Waals surface area (Å²) in [6.07, 6.45) is 10.4. The molecular weight excluding hydrogens is 2590 g/mol. The Hall–Kier alpha value is -2.79. The number of hydrogen-bond acceptors (Lipinski definition) is 16. The van der Waals surface area contributed by atoms with E-state index in [-0.39, 0.29) is 64.9 Å². The van der Waals surface area contributed by atoms with Gasteiger partial charge in [0.1, 0.15) is 37.3 Å². The molecule has 2 amide bonds. The van der Waals surface area contributed by atoms with Crippen molar-refractivity contribution in [2.45, 2.75) is 98.3 Å². The second-order valence-electron chi connectivity index (χ2n) is 23.2. The Morgan fingerprint density at radius 1 is 0.663 bits per heavy atom. The van der Waals surface area contributed by atoms with E-state index in [0.717, 1.165) is 52.1 Å². The van der Waals surface area contributed by atoms with Gasteiger partial charge in [0.15, 0.2) is 5.75 Å². The molecule has 0 bridgehead atoms. The van der Waals surface area contributed by atoms with Crippen molar-refractivity contribution < 1.29 is 103 Å². The normalized spacial score (nSPS) is 11.9. The summed E-state index contributed by atoms with van der Waals surface area (Å²) in [6, 6.07) is 18.6. The molecule has 7 rings (SSSR count). The Morgan fingerprint density at radius 2 is 1.12 bits per heavy atom. The first-order chi connectivity index (χ1) is 48.0. The van der Waals surface area contributed by atoms with Crippen LogP contribution in [0.15, 0.2) is 117 Å². The molecule has 0 atom stereocenters. The number of hydrogen-bond donors (Lipinski definition) is 7. The van der Waals surface area contributed by atoms with Gasteiger partial charge in [0, 0.05) is 83.5 Å². The van der Waals surface area contributed by atoms with Gasteiger partial charge in [0.25, 0.3) is 0 Å². The lowest BCUT2D eigenvalue weighted by molar-refractivity contribution is -0.858. The van der Waals surface area contributed by atoms with E-state index >= 15 is 0 Å². The second-order valence-corrected chi connectivity index (χ2v) is 35.7. The molecule has 0 radical (unpaired) electrons. The molecule has 0 unspecified atom stereocenters. The number of carboxylic acids is 4. The van der Waals surface area contributed by atoms with Crippen molar-refractivity contribution >= 4 is 331 Å². The summed E-state index contributed by atoms with van der Waals surface area (Å²) in [5.41, 5.74) is 7.93. The van der Waals surface area contributed by atoms with Crippen LogP contribution in [0.2, 0.25) is 0 Å². The van der Waals surface area contributed by atoms with E-state index in [2.05, 4.69) is 171 Å². The number of ether oxygens (including phenoxy) is 3. The highest BCUT2D eigenvalue weighted by atomic mass is 127. The highest BCUT2D eigenvalue weighted by Crippen LogP contribution is 2.39. The van der Waals surface area contributed by atoms with Crippen LogP contribution in [0.5, 0.6) is 11.5 Å². The van der Waals surface area contributed by atoms with Crippen molar-refractivity contribution in [1.82, 2.24) is 4.98 Å². The molecule has 1 saturated heterocycles. The number of aliphatic carboxylic acids is 1. The molecule has 24 nitrogen and oxygen atoms in total. The Balaban J connectivity index is 0.00000119. The molecule has 1 aromatic heterocycles. The largest absolute Gasteiger partial charge is 0.871 e. The third-order valence-electron chi connectivity index (χ3n) is 12.4. The lowest BCUT2D eigenvalue weighted by atomic mass is 9.81. The van der Waals surface area contributed by atoms with E-state index in [1.165, 1.54) is 18.7 Å². The van der Waals surface area contributed by atoms with Gasteiger partial charge < -0.3 is 80.7 Å². The van der Waals surface area contributed by atoms with Gasteiger partial charge in [-0.2, -0.15) is 0 Å². The van der Waals surface area contributed by atoms with E-state index in [4.69, 9.17) is 19.3 Å². The molecule has 1 aliphatic heterocycles. The van der Waals surface area contributed by atoms with Crippen LogP contribution in [0.25, 0.3) is 12.3 Å². The number of nitrogens with one attached hydrogen (secondary N) is 4. The van der Waals surface area contributed by atoms with Gasteiger partial charge in [-0.1, -0.05) is 38.1 Å². The van der Waals surface area contributed by atoms with E-state index in [0.29, 0.717) is 58.3 Å². The van der Waals surface area contributed by atoms with Crippen molar-refractivity contribution in [1.29, 1.82) is 0 Å². The predicted octanol–water partition coefficient (Wildman–Crippen LogP) is 9.49. The summed E-state index contributed by atoms with van der Waals surface area (Å²) >= 11 is 21.7. The number of nitrogens with two attached hydrogens (primary N) is 1. The second kappa shape index (κ2) is 50.9. The summed E-state index contributed by atoms with van der Waals surface area (Å²) in [4.78, 5) is 103. The number of piperidine rings is 1. The molecule has 566 valence electrons. The minimum absolute atomic E-state index is 0.0131. The number of aromatic amines is 1. The number of imidazole rings is 1. The first-order valence-electron chi connectivity index (χ1n) is 29.9. The molecule has 5 aromatic carbocycles. The van der Waals surface area contributed by atoms with Gasteiger partial charge in [-0.3, -0.25) is 14.4 Å². The molecule has 104 heavy (non-hydrogen) atoms. The van der Waals surface area contributed by atoms with E-state index in [9.17, 15) is 63.6 Å². The molecule has 2 heterocycles. The number of carboxylic acid groups (broad SMARTS) is 4. The van der Waals surface area contributed by atoms with Crippen molar-refractivity contribution in [3.63, 3.8) is 0 Å². The zero-order valence-electron chi connectivity index (χ0n) is 57.7. The SMILES string of the molecule is C=C(C)C(=O)OC1CC(C)(C)[NH2+]C(C)(C)C1.C=C(C)C(=O)OCC[NH+](C)C.C=C[n+]1cc[nH]c1.C=Cc1ccc([NH3+])cc1.CC(=O)Nc1c(I)c(NC(C)=O)c(I)c(C(=O)[O-])c1I.O=C(O)c1c(I)ccc(I)c1[O-].O=C([O-])CCC(=O)Oc1c(I)cc(I)cc1I.O=C([O-])c1c(I)ccc(I)c1I. The smallest absolute Gasteiger partial charge is 0.336 e. The Morgan fingerprint density at radius 3 is 1.49 bits per heavy atom. The number of rotatable bonds is 17. The number of aromatic carboxylic acids is 3. The monoisotopic (exact) mass is 2670 g/mol. The molecule has 0 aliphatic carbocycles. The Bertz CT molecular complexity index is 3910. The van der Waals surface area contributed by atoms with Gasteiger partial charge in [-0.05, 0) is 363 Å². The van der Waals surface area contributed by atoms with Crippen LogP contribution in [0, 0.1) is 39.3 Å². The molecular formula is C69H76I11N7O17. The number of halogens is 11. The maximum absolute atomic E-state index is 11.5. The van der Waals surface area contributed by atoms with Gasteiger partial charge in [0.2, 0.25) is 18.1 Å². The van der Waals surface area contributed by atoms with E-state index < -0.39 is 35.6 Å². The number of aromatic nitrogens is 2. The number of likely N-dealkylation sites (N-methyl/N-ethyl adjacent to an activating group) is 1. The number of H-pyrrole nitrogens is 1. The highest BCUT2D eigenvalue weighted by molar-refractivity contribution is 14.1. The summed E-state index contributed by atoms with van der Waals surface area (Å²) in [5.74, 6) is -6.62. The summed E-state index contributed by atoms with van der Waals surface area (Å²) in [5, 5.41) is 59.6. The fourth-order valence-corrected chi connectivity index (χ4v) is 19.5. The summed E-state index contributed by atoms with van der Waals surface area (Å²) < 4.78 is 24.6. The van der Waals surface area contributed by atoms with Crippen LogP contribution in [0.3, 0.4) is 0 Å². The van der Waals surface area contributed by atoms with Crippen molar-refractivity contribution in [2.75, 3.05) is 37.9 Å². The first kappa shape index (κ1) is 101. The summed E-state index contributed by atoms with van der Waals surface area (Å²) in [7, 11) is 4.02. The quantitative estimate of drug-likeness (QED) is 0.0112. The van der Waals surface area contributed by atoms with Crippen LogP contribution in [0.1, 0.15) is 118 Å². The molecule has 10 N–H and O–H groups in total. The number of anilines is 2. The van der Waals surface area contributed by atoms with Crippen molar-refractivity contribution in [2.24, 2.45) is 0 Å². The standard InChI is InChI=1S/C13H23NO2.C11H9I3N2O4.C10H7I3O4.C8H15NO2.C8H9N.C7H3I3O2.C7H4I2O3.C5H6N2/c1-9(2)11(15)16-10-7-12(3,4)14-13(5,6)8-10;1-3(17)15-9-6(12)5(11(19)20)7(13)10(8(9)14)16-4(2)18;11-5-3-6(12)10(7(13)4-5)17-9(16)2-1-8(14)15;1-7(2)8(10)11-6-5-9(3)4;1-2-7-3-5-8(9)6-4-7;2*8-3-1-2-4(9)6(10)5(3)7(11)12;1-2-7-4-3-6-5-7/h10,14H,1,7-8H2,2-6H3;1-2H3,(H,15,17)(H,16,18)(H,19,20);3-4H,1-2H2,(H,14,15);1,5-6H2,2-4H3;2-6H,1,9H2;1-2H,(H,11,12);1-2,10H,(H,11,12);2-5H,1H2. The van der Waals surface area contributed by atoms with Crippen LogP contribution in [0.4, 0.5) is 17.1 Å². The average Bonchev–Trinajstić information content (AvgIpc) is 0.905. The fourth-order valence-electron chi connectivity index (χ4n) is 8.15. The number of amides is 2. The van der Waals surface area contributed by atoms with Crippen molar-refractivity contribution in [3.8, 4) is 11.5 Å². The minimum Gasteiger partial charge on any atom is -0.871 e. The molecule has 1 fully saturated rings. The van der Waals surface area contributed by atoms with Gasteiger partial charge in [0.05, 0.1) is 77.4 Å². The van der Waals surface area contributed by atoms with Gasteiger partial charge in [-0.15, -0.1) is 0 Å². The van der Waals surface area contributed by atoms with Crippen LogP contribution in [-0.2, 0) is 38.2 Å². The number of carbonyl (C=O) groups excluding carboxylic acids is 8. The topological polar surface area (TPSA) is 386 Å². The molecule has 0 spiro atoms. The number of quaternary nitrogens is 3. The zero-order valence-corrected chi connectivity index (χ0v) is 81.4. The van der Waals surface area contributed by atoms with Crippen LogP contribution >= 0.6 is 248 Å². The Labute approximate surface area is 754 Å². The third kappa shape index (κ3) is 39.7. The maximum Gasteiger partial charge on any atom is 0.336 e. The minimum atomic E-state index is -1.37. The number of benzene rings is 5. The average molecular weight is 2670 g/mol. The number of nitrogens with zero attached hydrogens (tertiary/aromatic N) is 1. The third-order valence-corrected chi connectivity index (χ3v) is 23.6. The predicted molar refractivity (Wildman–Crippen MR) is 483 cm³/mol. The van der Waals surface area contributed by atoms with E-state index in [1.54, 1.807) is 38.2 Å². The van der Waals surface area contributed by atoms with Gasteiger partial charge in [-0.25, -0.2) is 23.9 Å². The molecule has 1 aliphatic rings. The molecule has 6 aromatic rings. The first-order valence-corrected chi connectivity index (χ1v) is 41.7. The fraction of sp³-hybridized carbons (Fsp3) is 0.275. The number of esters is 3. The van der Waals surface area contributed by atoms with Gasteiger partial charge >= 0.3 is 23.9 Å². The highest BCUT2D eigenvalue weighted by Gasteiger charge is 2.43. The Kier molecular flexibility index (Phi) is 49.5. The zero-order chi connectivity index (χ0) is 80.4. The van der Waals surface area contributed by atoms with E-state index in [1.807, 2.05) is 244 Å². The lowest BCUT2D eigenvalue weighted by Crippen LogP contribution is -3.06. The van der Waals surface area contributed by atoms with Crippen molar-refractivity contribution in [3.05, 3.63) is 178 Å².